The SMILES string of the molecule is COC(=O)/C=C/CCC(NC(=O)C1=NCNN1)C(=O)Nc1cccn(CC(=O)NC2C(C)CC3CCCC2C3)c1=O. The number of hydrogen-bond donors (Lipinski definition) is 5. The summed E-state index contributed by atoms with van der Waals surface area (Å²) in [5, 5.41) is 8.37. The van der Waals surface area contributed by atoms with Crippen molar-refractivity contribution in [2.75, 3.05) is 19.1 Å². The number of nitrogens with one attached hydrogen (secondary N) is 5. The van der Waals surface area contributed by atoms with Gasteiger partial charge in [-0.2, -0.15) is 0 Å². The Hall–Kier alpha value is -4.00. The summed E-state index contributed by atoms with van der Waals surface area (Å²) in [6.45, 7) is 2.22. The minimum atomic E-state index is -1.04. The van der Waals surface area contributed by atoms with Crippen LogP contribution in [0, 0.1) is 17.8 Å². The first kappa shape index (κ1) is 30.0. The van der Waals surface area contributed by atoms with Gasteiger partial charge in [-0.3, -0.25) is 24.6 Å². The van der Waals surface area contributed by atoms with Crippen LogP contribution >= 0.6 is 0 Å². The van der Waals surface area contributed by atoms with E-state index in [1.54, 1.807) is 6.07 Å². The summed E-state index contributed by atoms with van der Waals surface area (Å²) in [6, 6.07) is 2.08. The largest absolute Gasteiger partial charge is 0.466 e. The van der Waals surface area contributed by atoms with Crippen LogP contribution in [0.25, 0.3) is 0 Å². The Balaban J connectivity index is 1.40. The molecule has 5 N–H and O–H groups in total. The maximum Gasteiger partial charge on any atom is 0.330 e. The second kappa shape index (κ2) is 14.1. The zero-order valence-corrected chi connectivity index (χ0v) is 23.5. The van der Waals surface area contributed by atoms with Gasteiger partial charge in [-0.15, -0.1) is 0 Å². The summed E-state index contributed by atoms with van der Waals surface area (Å²) >= 11 is 0. The van der Waals surface area contributed by atoms with E-state index in [2.05, 4.69) is 43.5 Å². The number of hydrogen-bond acceptors (Lipinski definition) is 9. The number of pyridine rings is 1. The first-order chi connectivity index (χ1) is 19.7. The van der Waals surface area contributed by atoms with Crippen molar-refractivity contribution in [1.82, 2.24) is 26.1 Å². The predicted molar refractivity (Wildman–Crippen MR) is 151 cm³/mol. The van der Waals surface area contributed by atoms with Gasteiger partial charge in [0.2, 0.25) is 17.6 Å². The van der Waals surface area contributed by atoms with Crippen LogP contribution in [0.15, 0.2) is 40.3 Å². The number of carbonyl (C=O) groups excluding carboxylic acids is 4. The van der Waals surface area contributed by atoms with Gasteiger partial charge in [0, 0.05) is 18.3 Å². The van der Waals surface area contributed by atoms with Gasteiger partial charge >= 0.3 is 5.97 Å². The molecule has 1 aliphatic heterocycles. The van der Waals surface area contributed by atoms with Crippen molar-refractivity contribution in [3.63, 3.8) is 0 Å². The number of nitrogens with zero attached hydrogens (tertiary/aromatic N) is 2. The molecule has 0 radical (unpaired) electrons. The number of amides is 3. The Morgan fingerprint density at radius 3 is 2.83 bits per heavy atom. The molecule has 2 bridgehead atoms. The van der Waals surface area contributed by atoms with E-state index in [-0.39, 0.29) is 49.5 Å². The Morgan fingerprint density at radius 1 is 1.24 bits per heavy atom. The summed E-state index contributed by atoms with van der Waals surface area (Å²) in [5.41, 5.74) is 4.73. The molecular formula is C28H39N7O6. The number of methoxy groups -OCH3 is 1. The number of rotatable bonds is 11. The van der Waals surface area contributed by atoms with E-state index in [1.807, 2.05) is 0 Å². The number of carbonyl (C=O) groups is 4. The molecule has 4 rings (SSSR count). The van der Waals surface area contributed by atoms with E-state index in [9.17, 15) is 24.0 Å². The Morgan fingerprint density at radius 2 is 2.07 bits per heavy atom. The fourth-order valence-electron chi connectivity index (χ4n) is 6.05. The molecule has 3 amide bonds. The molecule has 1 aromatic rings. The number of amidine groups is 1. The van der Waals surface area contributed by atoms with Gasteiger partial charge in [0.15, 0.2) is 0 Å². The van der Waals surface area contributed by atoms with E-state index >= 15 is 0 Å². The number of allylic oxidation sites excluding steroid dienone is 1. The Labute approximate surface area is 238 Å². The standard InChI is InChI=1S/C28H39N7O6/c1-17-13-18-7-5-8-19(14-18)24(17)33-22(36)15-35-12-6-10-21(28(35)40)32-26(38)20(9-3-4-11-23(37)41-2)31-27(39)25-29-16-30-34-25/h4,6,10-12,17-20,24,30H,3,5,7-9,13-16H2,1-2H3,(H,29,34)(H,31,39)(H,32,38)(H,33,36)/b11-4+. The van der Waals surface area contributed by atoms with Crippen LogP contribution < -0.4 is 32.4 Å². The van der Waals surface area contributed by atoms with Crippen molar-refractivity contribution in [3.8, 4) is 0 Å². The van der Waals surface area contributed by atoms with Crippen LogP contribution in [0.5, 0.6) is 0 Å². The highest BCUT2D eigenvalue weighted by Crippen LogP contribution is 2.42. The molecule has 0 spiro atoms. The van der Waals surface area contributed by atoms with E-state index < -0.39 is 29.4 Å². The highest BCUT2D eigenvalue weighted by Gasteiger charge is 2.38. The van der Waals surface area contributed by atoms with Gasteiger partial charge in [-0.05, 0) is 62.0 Å². The molecule has 3 aliphatic rings. The van der Waals surface area contributed by atoms with E-state index in [4.69, 9.17) is 0 Å². The lowest BCUT2D eigenvalue weighted by molar-refractivity contribution is -0.134. The average Bonchev–Trinajstić information content (AvgIpc) is 3.50. The molecule has 2 fully saturated rings. The number of fused-ring (bicyclic) bond motifs is 2. The molecule has 222 valence electrons. The normalized spacial score (nSPS) is 24.1. The molecule has 0 saturated heterocycles. The van der Waals surface area contributed by atoms with Crippen LogP contribution in [0.1, 0.15) is 51.9 Å². The van der Waals surface area contributed by atoms with E-state index in [1.165, 1.54) is 48.9 Å². The minimum Gasteiger partial charge on any atom is -0.466 e. The van der Waals surface area contributed by atoms with Crippen LogP contribution in [-0.4, -0.2) is 60.0 Å². The second-order valence-corrected chi connectivity index (χ2v) is 10.9. The van der Waals surface area contributed by atoms with Gasteiger partial charge in [0.25, 0.3) is 11.5 Å². The predicted octanol–water partition coefficient (Wildman–Crippen LogP) is 0.576. The van der Waals surface area contributed by atoms with Gasteiger partial charge in [-0.1, -0.05) is 25.8 Å². The second-order valence-electron chi connectivity index (χ2n) is 10.9. The number of esters is 1. The third-order valence-electron chi connectivity index (χ3n) is 8.01. The first-order valence-corrected chi connectivity index (χ1v) is 14.1. The molecule has 41 heavy (non-hydrogen) atoms. The fourth-order valence-corrected chi connectivity index (χ4v) is 6.05. The number of aliphatic imine (C=N–C) groups is 1. The third-order valence-corrected chi connectivity index (χ3v) is 8.01. The summed E-state index contributed by atoms with van der Waals surface area (Å²) in [7, 11) is 1.25. The summed E-state index contributed by atoms with van der Waals surface area (Å²) in [6.07, 6.45) is 10.5. The van der Waals surface area contributed by atoms with Gasteiger partial charge in [0.05, 0.1) is 7.11 Å². The van der Waals surface area contributed by atoms with E-state index in [0.29, 0.717) is 11.8 Å². The maximum atomic E-state index is 13.2. The maximum absolute atomic E-state index is 13.2. The van der Waals surface area contributed by atoms with E-state index in [0.717, 1.165) is 25.2 Å². The lowest BCUT2D eigenvalue weighted by Crippen LogP contribution is -2.51. The molecule has 5 unspecified atom stereocenters. The van der Waals surface area contributed by atoms with Crippen molar-refractivity contribution in [2.24, 2.45) is 22.7 Å². The van der Waals surface area contributed by atoms with Crippen LogP contribution in [-0.2, 0) is 30.5 Å². The molecule has 5 atom stereocenters. The Bertz CT molecular complexity index is 1260. The van der Waals surface area contributed by atoms with Crippen molar-refractivity contribution >= 4 is 35.2 Å². The van der Waals surface area contributed by atoms with Crippen LogP contribution in [0.4, 0.5) is 5.69 Å². The van der Waals surface area contributed by atoms with Crippen molar-refractivity contribution in [3.05, 3.63) is 40.8 Å². The summed E-state index contributed by atoms with van der Waals surface area (Å²) < 4.78 is 5.82. The number of ether oxygens (including phenoxy) is 1. The zero-order chi connectivity index (χ0) is 29.4. The van der Waals surface area contributed by atoms with Crippen molar-refractivity contribution in [2.45, 2.75) is 70.5 Å². The van der Waals surface area contributed by atoms with Gasteiger partial charge < -0.3 is 25.3 Å². The van der Waals surface area contributed by atoms with Crippen molar-refractivity contribution < 1.29 is 23.9 Å². The van der Waals surface area contributed by atoms with Crippen molar-refractivity contribution in [1.29, 1.82) is 0 Å². The average molecular weight is 570 g/mol. The lowest BCUT2D eigenvalue weighted by atomic mass is 9.65. The van der Waals surface area contributed by atoms with Gasteiger partial charge in [0.1, 0.15) is 24.9 Å². The highest BCUT2D eigenvalue weighted by molar-refractivity contribution is 6.38. The molecular weight excluding hydrogens is 530 g/mol. The van der Waals surface area contributed by atoms with Crippen LogP contribution in [0.2, 0.25) is 0 Å². The summed E-state index contributed by atoms with van der Waals surface area (Å²) in [5.74, 6) is -0.374. The fraction of sp³-hybridized carbons (Fsp3) is 0.571. The molecule has 0 aromatic carbocycles. The zero-order valence-electron chi connectivity index (χ0n) is 23.5. The Kier molecular flexibility index (Phi) is 10.3. The molecule has 2 aliphatic carbocycles. The highest BCUT2D eigenvalue weighted by atomic mass is 16.5. The quantitative estimate of drug-likeness (QED) is 0.190. The summed E-state index contributed by atoms with van der Waals surface area (Å²) in [4.78, 5) is 67.2. The number of anilines is 1. The topological polar surface area (TPSA) is 172 Å². The molecule has 2 saturated carbocycles. The monoisotopic (exact) mass is 569 g/mol. The lowest BCUT2D eigenvalue weighted by Gasteiger charge is -2.44. The number of aromatic nitrogens is 1. The molecule has 13 heteroatoms. The molecule has 2 heterocycles. The molecule has 1 aromatic heterocycles. The third kappa shape index (κ3) is 8.03. The van der Waals surface area contributed by atoms with Gasteiger partial charge in [-0.25, -0.2) is 15.2 Å². The molecule has 13 nitrogen and oxygen atoms in total. The number of hydrazine groups is 1. The van der Waals surface area contributed by atoms with Crippen LogP contribution in [0.3, 0.4) is 0 Å². The smallest absolute Gasteiger partial charge is 0.330 e. The minimum absolute atomic E-state index is 0.0196. The first-order valence-electron chi connectivity index (χ1n) is 14.1.